The molecule has 1 nitrogen and oxygen atoms in total. The van der Waals surface area contributed by atoms with Gasteiger partial charge in [-0.3, -0.25) is 0 Å². The number of nitrogens with two attached hydrogens (primary N) is 1. The maximum atomic E-state index is 13.3. The molecule has 0 aliphatic rings. The summed E-state index contributed by atoms with van der Waals surface area (Å²) in [4.78, 5) is 0. The third kappa shape index (κ3) is 3.47. The van der Waals surface area contributed by atoms with Gasteiger partial charge in [0.2, 0.25) is 0 Å². The van der Waals surface area contributed by atoms with E-state index in [1.165, 1.54) is 0 Å². The lowest BCUT2D eigenvalue weighted by atomic mass is 10.0. The lowest BCUT2D eigenvalue weighted by Crippen LogP contribution is -2.08. The van der Waals surface area contributed by atoms with E-state index in [0.29, 0.717) is 16.5 Å². The second-order valence-electron chi connectivity index (χ2n) is 4.15. The molecule has 0 amide bonds. The standard InChI is InChI=1S/C12H17ClFN/c1-8(2)5-9-3-4-10(6-11(9)13)12(14)7-15/h3-4,6,8,12H,5,7,15H2,1-2H3. The zero-order valence-electron chi connectivity index (χ0n) is 9.13. The molecule has 0 bridgehead atoms. The van der Waals surface area contributed by atoms with Crippen LogP contribution in [0.1, 0.15) is 31.1 Å². The van der Waals surface area contributed by atoms with Gasteiger partial charge in [-0.25, -0.2) is 4.39 Å². The first-order valence-electron chi connectivity index (χ1n) is 5.17. The summed E-state index contributed by atoms with van der Waals surface area (Å²) < 4.78 is 13.3. The monoisotopic (exact) mass is 229 g/mol. The highest BCUT2D eigenvalue weighted by Crippen LogP contribution is 2.25. The van der Waals surface area contributed by atoms with Gasteiger partial charge in [-0.1, -0.05) is 37.6 Å². The summed E-state index contributed by atoms with van der Waals surface area (Å²) in [6.45, 7) is 4.25. The lowest BCUT2D eigenvalue weighted by molar-refractivity contribution is 0.353. The normalized spacial score (nSPS) is 13.2. The number of alkyl halides is 1. The number of benzene rings is 1. The minimum atomic E-state index is -1.12. The smallest absolute Gasteiger partial charge is 0.137 e. The number of rotatable bonds is 4. The Kier molecular flexibility index (Phi) is 4.55. The fourth-order valence-electron chi connectivity index (χ4n) is 1.50. The summed E-state index contributed by atoms with van der Waals surface area (Å²) in [7, 11) is 0. The maximum Gasteiger partial charge on any atom is 0.137 e. The predicted molar refractivity (Wildman–Crippen MR) is 62.9 cm³/mol. The molecular weight excluding hydrogens is 213 g/mol. The van der Waals surface area contributed by atoms with E-state index in [1.807, 2.05) is 6.07 Å². The Morgan fingerprint density at radius 1 is 1.40 bits per heavy atom. The van der Waals surface area contributed by atoms with Gasteiger partial charge in [0.1, 0.15) is 6.17 Å². The van der Waals surface area contributed by atoms with Gasteiger partial charge in [0.05, 0.1) is 0 Å². The number of halogens is 2. The van der Waals surface area contributed by atoms with Crippen molar-refractivity contribution in [1.29, 1.82) is 0 Å². The summed E-state index contributed by atoms with van der Waals surface area (Å²) >= 11 is 6.07. The number of hydrogen-bond acceptors (Lipinski definition) is 1. The summed E-state index contributed by atoms with van der Waals surface area (Å²) in [6, 6.07) is 5.33. The minimum Gasteiger partial charge on any atom is -0.327 e. The lowest BCUT2D eigenvalue weighted by Gasteiger charge is -2.10. The third-order valence-corrected chi connectivity index (χ3v) is 2.63. The molecule has 1 aromatic carbocycles. The second kappa shape index (κ2) is 5.47. The van der Waals surface area contributed by atoms with Crippen molar-refractivity contribution in [3.05, 3.63) is 34.3 Å². The molecule has 0 spiro atoms. The fraction of sp³-hybridized carbons (Fsp3) is 0.500. The fourth-order valence-corrected chi connectivity index (χ4v) is 1.77. The predicted octanol–water partition coefficient (Wildman–Crippen LogP) is 3.51. The minimum absolute atomic E-state index is 0.000143. The Morgan fingerprint density at radius 2 is 2.07 bits per heavy atom. The van der Waals surface area contributed by atoms with Gasteiger partial charge in [0.15, 0.2) is 0 Å². The highest BCUT2D eigenvalue weighted by atomic mass is 35.5. The molecule has 1 unspecified atom stereocenters. The highest BCUT2D eigenvalue weighted by Gasteiger charge is 2.10. The van der Waals surface area contributed by atoms with E-state index in [2.05, 4.69) is 13.8 Å². The first-order chi connectivity index (χ1) is 7.04. The summed E-state index contributed by atoms with van der Waals surface area (Å²) in [6.07, 6.45) is -0.200. The van der Waals surface area contributed by atoms with Crippen molar-refractivity contribution in [2.45, 2.75) is 26.4 Å². The van der Waals surface area contributed by atoms with Crippen LogP contribution in [0.3, 0.4) is 0 Å². The Hall–Kier alpha value is -0.600. The average Bonchev–Trinajstić information content (AvgIpc) is 2.19. The maximum absolute atomic E-state index is 13.3. The van der Waals surface area contributed by atoms with Gasteiger partial charge in [0.25, 0.3) is 0 Å². The van der Waals surface area contributed by atoms with Gasteiger partial charge < -0.3 is 5.73 Å². The molecule has 15 heavy (non-hydrogen) atoms. The molecule has 2 N–H and O–H groups in total. The van der Waals surface area contributed by atoms with Crippen LogP contribution in [0.5, 0.6) is 0 Å². The average molecular weight is 230 g/mol. The van der Waals surface area contributed by atoms with Gasteiger partial charge in [-0.05, 0) is 29.5 Å². The molecule has 1 rings (SSSR count). The molecule has 0 saturated heterocycles. The molecule has 1 aromatic rings. The molecule has 3 heteroatoms. The first-order valence-corrected chi connectivity index (χ1v) is 5.54. The van der Waals surface area contributed by atoms with Crippen LogP contribution < -0.4 is 5.73 Å². The van der Waals surface area contributed by atoms with E-state index in [-0.39, 0.29) is 6.54 Å². The van der Waals surface area contributed by atoms with E-state index in [9.17, 15) is 4.39 Å². The van der Waals surface area contributed by atoms with Crippen LogP contribution in [-0.4, -0.2) is 6.54 Å². The van der Waals surface area contributed by atoms with Crippen molar-refractivity contribution in [2.75, 3.05) is 6.54 Å². The Balaban J connectivity index is 2.88. The molecule has 0 aliphatic carbocycles. The van der Waals surface area contributed by atoms with Crippen LogP contribution >= 0.6 is 11.6 Å². The Bertz CT molecular complexity index is 325. The second-order valence-corrected chi connectivity index (χ2v) is 4.56. The molecule has 84 valence electrons. The molecule has 0 saturated carbocycles. The van der Waals surface area contributed by atoms with Crippen molar-refractivity contribution in [3.63, 3.8) is 0 Å². The van der Waals surface area contributed by atoms with E-state index in [0.717, 1.165) is 12.0 Å². The summed E-state index contributed by atoms with van der Waals surface area (Å²) in [5, 5.41) is 0.636. The SMILES string of the molecule is CC(C)Cc1ccc(C(F)CN)cc1Cl. The van der Waals surface area contributed by atoms with Crippen LogP contribution in [0.15, 0.2) is 18.2 Å². The van der Waals surface area contributed by atoms with Crippen molar-refractivity contribution < 1.29 is 4.39 Å². The van der Waals surface area contributed by atoms with E-state index in [1.54, 1.807) is 12.1 Å². The molecule has 0 fully saturated rings. The van der Waals surface area contributed by atoms with Gasteiger partial charge >= 0.3 is 0 Å². The van der Waals surface area contributed by atoms with Crippen LogP contribution in [0.25, 0.3) is 0 Å². The van der Waals surface area contributed by atoms with Gasteiger partial charge in [-0.2, -0.15) is 0 Å². The quantitative estimate of drug-likeness (QED) is 0.840. The zero-order chi connectivity index (χ0) is 11.4. The van der Waals surface area contributed by atoms with Crippen molar-refractivity contribution >= 4 is 11.6 Å². The molecule has 1 atom stereocenters. The number of hydrogen-bond donors (Lipinski definition) is 1. The van der Waals surface area contributed by atoms with E-state index in [4.69, 9.17) is 17.3 Å². The van der Waals surface area contributed by atoms with E-state index < -0.39 is 6.17 Å². The van der Waals surface area contributed by atoms with Gasteiger partial charge in [-0.15, -0.1) is 0 Å². The molecule has 0 aromatic heterocycles. The molecule has 0 aliphatic heterocycles. The highest BCUT2D eigenvalue weighted by molar-refractivity contribution is 6.31. The summed E-state index contributed by atoms with van der Waals surface area (Å²) in [5.41, 5.74) is 6.89. The van der Waals surface area contributed by atoms with Crippen LogP contribution in [0, 0.1) is 5.92 Å². The molecular formula is C12H17ClFN. The Labute approximate surface area is 95.4 Å². The molecule has 0 radical (unpaired) electrons. The van der Waals surface area contributed by atoms with Crippen LogP contribution in [0.4, 0.5) is 4.39 Å². The summed E-state index contributed by atoms with van der Waals surface area (Å²) in [5.74, 6) is 0.545. The zero-order valence-corrected chi connectivity index (χ0v) is 9.89. The third-order valence-electron chi connectivity index (χ3n) is 2.27. The van der Waals surface area contributed by atoms with Crippen molar-refractivity contribution in [2.24, 2.45) is 11.7 Å². The van der Waals surface area contributed by atoms with Gasteiger partial charge in [0, 0.05) is 11.6 Å². The largest absolute Gasteiger partial charge is 0.327 e. The van der Waals surface area contributed by atoms with E-state index >= 15 is 0 Å². The molecule has 0 heterocycles. The first kappa shape index (κ1) is 12.5. The van der Waals surface area contributed by atoms with Crippen LogP contribution in [-0.2, 0) is 6.42 Å². The van der Waals surface area contributed by atoms with Crippen LogP contribution in [0.2, 0.25) is 5.02 Å². The Morgan fingerprint density at radius 3 is 2.53 bits per heavy atom. The topological polar surface area (TPSA) is 26.0 Å². The van der Waals surface area contributed by atoms with Crippen molar-refractivity contribution in [3.8, 4) is 0 Å². The van der Waals surface area contributed by atoms with Crippen molar-refractivity contribution in [1.82, 2.24) is 0 Å².